The third-order valence-electron chi connectivity index (χ3n) is 3.58. The summed E-state index contributed by atoms with van der Waals surface area (Å²) in [7, 11) is 3.50. The molecule has 0 radical (unpaired) electrons. The Hall–Kier alpha value is -1.81. The van der Waals surface area contributed by atoms with Crippen molar-refractivity contribution in [1.29, 1.82) is 0 Å². The van der Waals surface area contributed by atoms with Crippen LogP contribution in [0.5, 0.6) is 5.75 Å². The van der Waals surface area contributed by atoms with E-state index in [4.69, 9.17) is 16.3 Å². The zero-order chi connectivity index (χ0) is 14.1. The minimum atomic E-state index is 0.570. The standard InChI is InChI=1S/C15H16ClN3O/c1-17-15-10-4-3-5-12(10)18-14(19-15)9-6-7-13(20-2)11(16)8-9/h6-8H,3-5H2,1-2H3,(H,17,18,19). The number of hydrogen-bond acceptors (Lipinski definition) is 4. The fraction of sp³-hybridized carbons (Fsp3) is 0.333. The smallest absolute Gasteiger partial charge is 0.161 e. The van der Waals surface area contributed by atoms with E-state index in [0.717, 1.165) is 36.3 Å². The van der Waals surface area contributed by atoms with Crippen LogP contribution in [0.1, 0.15) is 17.7 Å². The summed E-state index contributed by atoms with van der Waals surface area (Å²) in [6, 6.07) is 5.62. The first-order valence-electron chi connectivity index (χ1n) is 6.64. The van der Waals surface area contributed by atoms with E-state index in [1.54, 1.807) is 7.11 Å². The van der Waals surface area contributed by atoms with Gasteiger partial charge in [0.1, 0.15) is 11.6 Å². The van der Waals surface area contributed by atoms with Crippen molar-refractivity contribution in [2.75, 3.05) is 19.5 Å². The molecular formula is C15H16ClN3O. The summed E-state index contributed by atoms with van der Waals surface area (Å²) in [6.45, 7) is 0. The molecule has 0 aliphatic heterocycles. The van der Waals surface area contributed by atoms with Crippen molar-refractivity contribution in [3.05, 3.63) is 34.5 Å². The first kappa shape index (κ1) is 13.2. The average Bonchev–Trinajstić information content (AvgIpc) is 2.94. The summed E-state index contributed by atoms with van der Waals surface area (Å²) in [5.74, 6) is 2.29. The molecule has 0 bridgehead atoms. The molecule has 3 rings (SSSR count). The molecule has 0 saturated carbocycles. The zero-order valence-corrected chi connectivity index (χ0v) is 12.3. The van der Waals surface area contributed by atoms with Crippen LogP contribution in [0.15, 0.2) is 18.2 Å². The number of halogens is 1. The first-order valence-corrected chi connectivity index (χ1v) is 7.02. The van der Waals surface area contributed by atoms with E-state index in [1.165, 1.54) is 5.56 Å². The molecule has 4 nitrogen and oxygen atoms in total. The first-order chi connectivity index (χ1) is 9.72. The number of hydrogen-bond donors (Lipinski definition) is 1. The quantitative estimate of drug-likeness (QED) is 0.941. The number of benzene rings is 1. The maximum absolute atomic E-state index is 6.17. The Labute approximate surface area is 123 Å². The summed E-state index contributed by atoms with van der Waals surface area (Å²) < 4.78 is 5.17. The second-order valence-electron chi connectivity index (χ2n) is 4.77. The Morgan fingerprint density at radius 3 is 2.80 bits per heavy atom. The average molecular weight is 290 g/mol. The zero-order valence-electron chi connectivity index (χ0n) is 11.5. The summed E-state index contributed by atoms with van der Waals surface area (Å²) in [4.78, 5) is 9.29. The van der Waals surface area contributed by atoms with Crippen LogP contribution in [-0.2, 0) is 12.8 Å². The summed E-state index contributed by atoms with van der Waals surface area (Å²) >= 11 is 6.17. The van der Waals surface area contributed by atoms with E-state index in [0.29, 0.717) is 16.6 Å². The normalized spacial score (nSPS) is 13.2. The number of nitrogens with one attached hydrogen (secondary N) is 1. The fourth-order valence-electron chi connectivity index (χ4n) is 2.57. The van der Waals surface area contributed by atoms with Crippen LogP contribution in [0, 0.1) is 0 Å². The summed E-state index contributed by atoms with van der Waals surface area (Å²) in [5, 5.41) is 3.74. The molecule has 1 aliphatic carbocycles. The van der Waals surface area contributed by atoms with Crippen molar-refractivity contribution >= 4 is 17.4 Å². The van der Waals surface area contributed by atoms with E-state index < -0.39 is 0 Å². The van der Waals surface area contributed by atoms with Crippen LogP contribution in [0.25, 0.3) is 11.4 Å². The molecule has 0 spiro atoms. The van der Waals surface area contributed by atoms with E-state index >= 15 is 0 Å². The van der Waals surface area contributed by atoms with E-state index in [1.807, 2.05) is 25.2 Å². The van der Waals surface area contributed by atoms with Crippen LogP contribution in [0.3, 0.4) is 0 Å². The van der Waals surface area contributed by atoms with Gasteiger partial charge in [-0.1, -0.05) is 11.6 Å². The van der Waals surface area contributed by atoms with Gasteiger partial charge in [0, 0.05) is 23.9 Å². The van der Waals surface area contributed by atoms with Gasteiger partial charge in [-0.05, 0) is 37.5 Å². The number of methoxy groups -OCH3 is 1. The SMILES string of the molecule is CNc1nc(-c2ccc(OC)c(Cl)c2)nc2c1CCC2. The van der Waals surface area contributed by atoms with Crippen molar-refractivity contribution in [2.45, 2.75) is 19.3 Å². The van der Waals surface area contributed by atoms with Gasteiger partial charge in [0.25, 0.3) is 0 Å². The van der Waals surface area contributed by atoms with Gasteiger partial charge in [-0.3, -0.25) is 0 Å². The van der Waals surface area contributed by atoms with Crippen molar-refractivity contribution < 1.29 is 4.74 Å². The number of nitrogens with zero attached hydrogens (tertiary/aromatic N) is 2. The molecule has 20 heavy (non-hydrogen) atoms. The van der Waals surface area contributed by atoms with Gasteiger partial charge in [0.15, 0.2) is 5.82 Å². The van der Waals surface area contributed by atoms with Crippen LogP contribution in [0.4, 0.5) is 5.82 Å². The van der Waals surface area contributed by atoms with Crippen molar-refractivity contribution in [2.24, 2.45) is 0 Å². The molecule has 0 amide bonds. The van der Waals surface area contributed by atoms with Gasteiger partial charge < -0.3 is 10.1 Å². The molecule has 0 fully saturated rings. The molecule has 0 atom stereocenters. The van der Waals surface area contributed by atoms with Gasteiger partial charge in [-0.25, -0.2) is 9.97 Å². The molecule has 0 unspecified atom stereocenters. The van der Waals surface area contributed by atoms with Crippen LogP contribution in [-0.4, -0.2) is 24.1 Å². The molecule has 5 heteroatoms. The van der Waals surface area contributed by atoms with Crippen LogP contribution >= 0.6 is 11.6 Å². The lowest BCUT2D eigenvalue weighted by molar-refractivity contribution is 0.415. The van der Waals surface area contributed by atoms with Crippen molar-refractivity contribution in [1.82, 2.24) is 9.97 Å². The number of fused-ring (bicyclic) bond motifs is 1. The Morgan fingerprint density at radius 1 is 1.25 bits per heavy atom. The second-order valence-corrected chi connectivity index (χ2v) is 5.18. The predicted octanol–water partition coefficient (Wildman–Crippen LogP) is 3.34. The van der Waals surface area contributed by atoms with Crippen molar-refractivity contribution in [3.63, 3.8) is 0 Å². The highest BCUT2D eigenvalue weighted by molar-refractivity contribution is 6.32. The monoisotopic (exact) mass is 289 g/mol. The Bertz CT molecular complexity index is 658. The third-order valence-corrected chi connectivity index (χ3v) is 3.88. The number of aromatic nitrogens is 2. The van der Waals surface area contributed by atoms with Gasteiger partial charge >= 0.3 is 0 Å². The molecule has 1 aromatic carbocycles. The lowest BCUT2D eigenvalue weighted by Crippen LogP contribution is -2.03. The lowest BCUT2D eigenvalue weighted by Gasteiger charge is -2.10. The number of aryl methyl sites for hydroxylation is 1. The summed E-state index contributed by atoms with van der Waals surface area (Å²) in [5.41, 5.74) is 3.30. The summed E-state index contributed by atoms with van der Waals surface area (Å²) in [6.07, 6.45) is 3.21. The van der Waals surface area contributed by atoms with Gasteiger partial charge in [-0.2, -0.15) is 0 Å². The van der Waals surface area contributed by atoms with Gasteiger partial charge in [-0.15, -0.1) is 0 Å². The Balaban J connectivity index is 2.08. The van der Waals surface area contributed by atoms with E-state index in [2.05, 4.69) is 15.3 Å². The molecule has 1 N–H and O–H groups in total. The van der Waals surface area contributed by atoms with Gasteiger partial charge in [0.05, 0.1) is 12.1 Å². The van der Waals surface area contributed by atoms with E-state index in [9.17, 15) is 0 Å². The molecule has 1 aromatic heterocycles. The topological polar surface area (TPSA) is 47.0 Å². The maximum atomic E-state index is 6.17. The maximum Gasteiger partial charge on any atom is 0.161 e. The van der Waals surface area contributed by atoms with Crippen LogP contribution in [0.2, 0.25) is 5.02 Å². The molecule has 1 aliphatic rings. The lowest BCUT2D eigenvalue weighted by atomic mass is 10.1. The minimum Gasteiger partial charge on any atom is -0.495 e. The Kier molecular flexibility index (Phi) is 3.49. The number of rotatable bonds is 3. The molecule has 2 aromatic rings. The highest BCUT2D eigenvalue weighted by atomic mass is 35.5. The number of anilines is 1. The highest BCUT2D eigenvalue weighted by Gasteiger charge is 2.19. The van der Waals surface area contributed by atoms with Crippen molar-refractivity contribution in [3.8, 4) is 17.1 Å². The fourth-order valence-corrected chi connectivity index (χ4v) is 2.83. The van der Waals surface area contributed by atoms with E-state index in [-0.39, 0.29) is 0 Å². The highest BCUT2D eigenvalue weighted by Crippen LogP contribution is 2.32. The minimum absolute atomic E-state index is 0.570. The molecular weight excluding hydrogens is 274 g/mol. The second kappa shape index (κ2) is 5.29. The molecule has 0 saturated heterocycles. The van der Waals surface area contributed by atoms with Crippen LogP contribution < -0.4 is 10.1 Å². The predicted molar refractivity (Wildman–Crippen MR) is 80.6 cm³/mol. The molecule has 1 heterocycles. The largest absolute Gasteiger partial charge is 0.495 e. The number of ether oxygens (including phenoxy) is 1. The Morgan fingerprint density at radius 2 is 2.10 bits per heavy atom. The van der Waals surface area contributed by atoms with Gasteiger partial charge in [0.2, 0.25) is 0 Å². The molecule has 104 valence electrons. The third kappa shape index (κ3) is 2.20.